The van der Waals surface area contributed by atoms with Gasteiger partial charge in [0.15, 0.2) is 11.5 Å². The van der Waals surface area contributed by atoms with Crippen molar-refractivity contribution in [3.8, 4) is 6.07 Å². The average Bonchev–Trinajstić information content (AvgIpc) is 2.63. The summed E-state index contributed by atoms with van der Waals surface area (Å²) in [5.41, 5.74) is 1.73. The molecule has 1 fully saturated rings. The van der Waals surface area contributed by atoms with Crippen molar-refractivity contribution in [1.29, 1.82) is 5.26 Å². The average molecular weight is 386 g/mol. The molecule has 27 heavy (non-hydrogen) atoms. The van der Waals surface area contributed by atoms with Crippen LogP contribution >= 0.6 is 11.8 Å². The lowest BCUT2D eigenvalue weighted by molar-refractivity contribution is -0.104. The van der Waals surface area contributed by atoms with Gasteiger partial charge in [-0.2, -0.15) is 5.26 Å². The topological polar surface area (TPSA) is 72.6 Å². The molecule has 0 radical (unpaired) electrons. The van der Waals surface area contributed by atoms with E-state index in [1.165, 1.54) is 0 Å². The number of aliphatic imine (C=N–C) groups is 1. The normalized spacial score (nSPS) is 20.4. The second-order valence-corrected chi connectivity index (χ2v) is 8.56. The zero-order valence-electron chi connectivity index (χ0n) is 16.9. The number of allylic oxidation sites excluding steroid dienone is 1. The van der Waals surface area contributed by atoms with Gasteiger partial charge in [-0.3, -0.25) is 14.7 Å². The van der Waals surface area contributed by atoms with Crippen LogP contribution < -0.4 is 0 Å². The highest BCUT2D eigenvalue weighted by Crippen LogP contribution is 2.28. The van der Waals surface area contributed by atoms with Crippen molar-refractivity contribution < 1.29 is 4.79 Å². The van der Waals surface area contributed by atoms with Crippen LogP contribution in [0.3, 0.4) is 0 Å². The van der Waals surface area contributed by atoms with E-state index in [1.54, 1.807) is 18.0 Å². The summed E-state index contributed by atoms with van der Waals surface area (Å²) in [4.78, 5) is 24.8. The summed E-state index contributed by atoms with van der Waals surface area (Å²) in [6, 6.07) is 5.77. The van der Waals surface area contributed by atoms with Gasteiger partial charge < -0.3 is 4.90 Å². The van der Waals surface area contributed by atoms with Gasteiger partial charge >= 0.3 is 0 Å². The number of rotatable bonds is 5. The molecule has 1 aliphatic rings. The van der Waals surface area contributed by atoms with E-state index in [1.807, 2.05) is 39.3 Å². The third-order valence-corrected chi connectivity index (χ3v) is 6.29. The van der Waals surface area contributed by atoms with E-state index in [0.717, 1.165) is 23.2 Å². The molecule has 0 N–H and O–H groups in total. The number of pyridine rings is 1. The molecule has 1 unspecified atom stereocenters. The van der Waals surface area contributed by atoms with Gasteiger partial charge in [-0.05, 0) is 46.0 Å². The van der Waals surface area contributed by atoms with Crippen molar-refractivity contribution in [1.82, 2.24) is 14.8 Å². The maximum Gasteiger partial charge on any atom is 0.164 e. The minimum Gasteiger partial charge on any atom is -0.354 e. The molecule has 1 aliphatic heterocycles. The van der Waals surface area contributed by atoms with Gasteiger partial charge in [-0.1, -0.05) is 18.7 Å². The molecule has 144 valence electrons. The SMILES string of the molecule is CC1CS/C(=N/C(=C(/C#N)C=O)c2ccc(C(C)(C)N(C)C)nc2)N(C)C1. The van der Waals surface area contributed by atoms with E-state index in [0.29, 0.717) is 23.5 Å². The van der Waals surface area contributed by atoms with Crippen molar-refractivity contribution in [3.63, 3.8) is 0 Å². The van der Waals surface area contributed by atoms with Crippen molar-refractivity contribution in [3.05, 3.63) is 35.2 Å². The summed E-state index contributed by atoms with van der Waals surface area (Å²) < 4.78 is 0. The number of nitrogens with zero attached hydrogens (tertiary/aromatic N) is 5. The molecule has 7 heteroatoms. The van der Waals surface area contributed by atoms with Crippen molar-refractivity contribution in [2.24, 2.45) is 10.9 Å². The van der Waals surface area contributed by atoms with Gasteiger partial charge in [0.2, 0.25) is 0 Å². The number of thioether (sulfide) groups is 1. The molecule has 0 spiro atoms. The third-order valence-electron chi connectivity index (χ3n) is 4.89. The molecule has 2 rings (SSSR count). The van der Waals surface area contributed by atoms with Gasteiger partial charge in [0.25, 0.3) is 0 Å². The second kappa shape index (κ2) is 8.68. The van der Waals surface area contributed by atoms with Crippen LogP contribution in [0.25, 0.3) is 5.70 Å². The zero-order chi connectivity index (χ0) is 20.2. The quantitative estimate of drug-likeness (QED) is 0.441. The van der Waals surface area contributed by atoms with Gasteiger partial charge in [0.1, 0.15) is 11.6 Å². The number of aldehydes is 1. The van der Waals surface area contributed by atoms with Crippen LogP contribution in [-0.2, 0) is 10.3 Å². The van der Waals surface area contributed by atoms with Crippen LogP contribution in [-0.4, -0.2) is 59.7 Å². The highest BCUT2D eigenvalue weighted by molar-refractivity contribution is 8.13. The number of carbonyl (C=O) groups is 1. The molecule has 1 aromatic heterocycles. The van der Waals surface area contributed by atoms with Crippen LogP contribution in [0.2, 0.25) is 0 Å². The zero-order valence-corrected chi connectivity index (χ0v) is 17.7. The minimum atomic E-state index is -0.230. The van der Waals surface area contributed by atoms with Crippen LogP contribution in [0.1, 0.15) is 32.0 Å². The molecular weight excluding hydrogens is 358 g/mol. The van der Waals surface area contributed by atoms with Crippen molar-refractivity contribution in [2.75, 3.05) is 33.4 Å². The molecule has 0 aromatic carbocycles. The van der Waals surface area contributed by atoms with E-state index in [2.05, 4.69) is 40.5 Å². The van der Waals surface area contributed by atoms with Crippen LogP contribution in [0.5, 0.6) is 0 Å². The van der Waals surface area contributed by atoms with Gasteiger partial charge in [-0.15, -0.1) is 0 Å². The Morgan fingerprint density at radius 2 is 2.19 bits per heavy atom. The van der Waals surface area contributed by atoms with Crippen molar-refractivity contribution >= 4 is 28.9 Å². The van der Waals surface area contributed by atoms with Gasteiger partial charge in [0, 0.05) is 31.1 Å². The Kier molecular flexibility index (Phi) is 6.79. The van der Waals surface area contributed by atoms with Crippen LogP contribution in [0.4, 0.5) is 0 Å². The second-order valence-electron chi connectivity index (χ2n) is 7.57. The molecule has 0 amide bonds. The Morgan fingerprint density at radius 3 is 2.67 bits per heavy atom. The first kappa shape index (κ1) is 21.1. The summed E-state index contributed by atoms with van der Waals surface area (Å²) in [5.74, 6) is 1.54. The first-order valence-electron chi connectivity index (χ1n) is 8.87. The van der Waals surface area contributed by atoms with E-state index in [4.69, 9.17) is 0 Å². The lowest BCUT2D eigenvalue weighted by atomic mass is 9.97. The van der Waals surface area contributed by atoms with E-state index in [-0.39, 0.29) is 11.1 Å². The largest absolute Gasteiger partial charge is 0.354 e. The fourth-order valence-corrected chi connectivity index (χ4v) is 3.67. The summed E-state index contributed by atoms with van der Waals surface area (Å²) in [6.45, 7) is 7.27. The Hall–Kier alpha value is -2.17. The van der Waals surface area contributed by atoms with Gasteiger partial charge in [-0.25, -0.2) is 4.99 Å². The summed E-state index contributed by atoms with van der Waals surface area (Å²) in [6.07, 6.45) is 2.25. The van der Waals surface area contributed by atoms with Crippen LogP contribution in [0.15, 0.2) is 28.9 Å². The molecule has 0 aliphatic carbocycles. The Morgan fingerprint density at radius 1 is 1.48 bits per heavy atom. The summed E-state index contributed by atoms with van der Waals surface area (Å²) >= 11 is 1.64. The number of aromatic nitrogens is 1. The highest BCUT2D eigenvalue weighted by atomic mass is 32.2. The molecule has 2 heterocycles. The Balaban J connectivity index is 2.47. The summed E-state index contributed by atoms with van der Waals surface area (Å²) in [7, 11) is 5.99. The van der Waals surface area contributed by atoms with Crippen molar-refractivity contribution in [2.45, 2.75) is 26.3 Å². The summed E-state index contributed by atoms with van der Waals surface area (Å²) in [5, 5.41) is 10.2. The smallest absolute Gasteiger partial charge is 0.164 e. The lowest BCUT2D eigenvalue weighted by Crippen LogP contribution is -2.36. The molecule has 1 atom stereocenters. The molecule has 0 saturated carbocycles. The number of carbonyl (C=O) groups excluding carboxylic acids is 1. The van der Waals surface area contributed by atoms with E-state index >= 15 is 0 Å². The minimum absolute atomic E-state index is 0.0107. The molecule has 6 nitrogen and oxygen atoms in total. The number of amidine groups is 1. The number of hydrogen-bond acceptors (Lipinski definition) is 6. The monoisotopic (exact) mass is 385 g/mol. The first-order chi connectivity index (χ1) is 12.7. The fraction of sp³-hybridized carbons (Fsp3) is 0.500. The highest BCUT2D eigenvalue weighted by Gasteiger charge is 2.25. The predicted octanol–water partition coefficient (Wildman–Crippen LogP) is 2.98. The number of hydrogen-bond donors (Lipinski definition) is 0. The molecule has 1 aromatic rings. The Labute approximate surface area is 166 Å². The maximum atomic E-state index is 11.4. The standard InChI is InChI=1S/C20H27N5OS/c1-14-11-25(6)19(27-13-14)23-18(16(9-21)12-26)15-7-8-17(22-10-15)20(2,3)24(4)5/h7-8,10,12,14H,11,13H2,1-6H3/b18-16-,23-19+. The fourth-order valence-electron chi connectivity index (χ4n) is 2.68. The predicted molar refractivity (Wildman–Crippen MR) is 111 cm³/mol. The van der Waals surface area contributed by atoms with Gasteiger partial charge in [0.05, 0.1) is 16.9 Å². The third kappa shape index (κ3) is 4.76. The van der Waals surface area contributed by atoms with E-state index < -0.39 is 0 Å². The van der Waals surface area contributed by atoms with E-state index in [9.17, 15) is 10.1 Å². The lowest BCUT2D eigenvalue weighted by Gasteiger charge is -2.32. The molecule has 0 bridgehead atoms. The first-order valence-corrected chi connectivity index (χ1v) is 9.85. The molecule has 1 saturated heterocycles. The number of nitriles is 1. The molecular formula is C20H27N5OS. The maximum absolute atomic E-state index is 11.4. The van der Waals surface area contributed by atoms with Crippen LogP contribution in [0, 0.1) is 17.2 Å². The Bertz CT molecular complexity index is 790.